The van der Waals surface area contributed by atoms with Crippen molar-refractivity contribution in [2.24, 2.45) is 0 Å². The number of aromatic nitrogens is 3. The van der Waals surface area contributed by atoms with Crippen molar-refractivity contribution < 1.29 is 0 Å². The first kappa shape index (κ1) is 33.1. The van der Waals surface area contributed by atoms with Crippen molar-refractivity contribution >= 4 is 53.1 Å². The summed E-state index contributed by atoms with van der Waals surface area (Å²) in [5.41, 5.74) is 10.0. The Morgan fingerprint density at radius 2 is 0.789 bits per heavy atom. The highest BCUT2D eigenvalue weighted by Gasteiger charge is 2.21. The van der Waals surface area contributed by atoms with E-state index in [1.165, 1.54) is 58.6 Å². The van der Waals surface area contributed by atoms with Crippen LogP contribution in [0.25, 0.3) is 109 Å². The molecule has 2 heterocycles. The maximum Gasteiger partial charge on any atom is 0.164 e. The van der Waals surface area contributed by atoms with Crippen molar-refractivity contribution in [3.8, 4) is 67.5 Å². The normalized spacial score (nSPS) is 11.5. The van der Waals surface area contributed by atoms with Gasteiger partial charge in [0.15, 0.2) is 17.5 Å². The van der Waals surface area contributed by atoms with Crippen molar-refractivity contribution in [1.82, 2.24) is 15.0 Å². The third-order valence-electron chi connectivity index (χ3n) is 10.9. The molecular formula is C53H33N3S. The lowest BCUT2D eigenvalue weighted by molar-refractivity contribution is 1.07. The summed E-state index contributed by atoms with van der Waals surface area (Å²) < 4.78 is 2.61. The number of nitrogens with zero attached hydrogens (tertiary/aromatic N) is 3. The van der Waals surface area contributed by atoms with E-state index in [9.17, 15) is 0 Å². The maximum atomic E-state index is 5.11. The third kappa shape index (κ3) is 5.86. The molecule has 4 heteroatoms. The lowest BCUT2D eigenvalue weighted by atomic mass is 9.87. The SMILES string of the molecule is c1ccc(-c2nc(-c3cccc(-c4cccc(-c5c6ccccc6c(-c6ccccc6)c6sc7ccccc7c56)c4)c3)nc(-c3ccc4ccccc4c3)n2)cc1. The summed E-state index contributed by atoms with van der Waals surface area (Å²) >= 11 is 1.89. The predicted octanol–water partition coefficient (Wildman–Crippen LogP) is 14.5. The average molecular weight is 744 g/mol. The molecule has 11 aromatic rings. The summed E-state index contributed by atoms with van der Waals surface area (Å²) in [5.74, 6) is 1.93. The van der Waals surface area contributed by atoms with Crippen LogP contribution in [0.4, 0.5) is 0 Å². The van der Waals surface area contributed by atoms with Crippen LogP contribution < -0.4 is 0 Å². The van der Waals surface area contributed by atoms with Gasteiger partial charge in [0, 0.05) is 42.4 Å². The first-order chi connectivity index (χ1) is 28.2. The van der Waals surface area contributed by atoms with Gasteiger partial charge in [-0.15, -0.1) is 11.3 Å². The molecular weight excluding hydrogens is 711 g/mol. The van der Waals surface area contributed by atoms with E-state index >= 15 is 0 Å². The third-order valence-corrected chi connectivity index (χ3v) is 12.1. The van der Waals surface area contributed by atoms with Crippen molar-refractivity contribution in [2.45, 2.75) is 0 Å². The second kappa shape index (κ2) is 13.8. The smallest absolute Gasteiger partial charge is 0.164 e. The topological polar surface area (TPSA) is 38.7 Å². The molecule has 0 amide bonds. The zero-order valence-corrected chi connectivity index (χ0v) is 31.6. The second-order valence-corrected chi connectivity index (χ2v) is 15.4. The Hall–Kier alpha value is -7.27. The highest BCUT2D eigenvalue weighted by Crippen LogP contribution is 2.50. The first-order valence-electron chi connectivity index (χ1n) is 19.2. The quantitative estimate of drug-likeness (QED) is 0.170. The van der Waals surface area contributed by atoms with E-state index < -0.39 is 0 Å². The van der Waals surface area contributed by atoms with Gasteiger partial charge in [-0.1, -0.05) is 176 Å². The summed E-state index contributed by atoms with van der Waals surface area (Å²) in [6.07, 6.45) is 0. The second-order valence-electron chi connectivity index (χ2n) is 14.4. The van der Waals surface area contributed by atoms with Crippen LogP contribution in [0, 0.1) is 0 Å². The van der Waals surface area contributed by atoms with Gasteiger partial charge < -0.3 is 0 Å². The molecule has 0 atom stereocenters. The van der Waals surface area contributed by atoms with Crippen molar-refractivity contribution in [3.05, 3.63) is 200 Å². The van der Waals surface area contributed by atoms with Crippen LogP contribution in [-0.2, 0) is 0 Å². The molecule has 0 saturated heterocycles. The Morgan fingerprint density at radius 1 is 0.298 bits per heavy atom. The van der Waals surface area contributed by atoms with Crippen molar-refractivity contribution in [3.63, 3.8) is 0 Å². The molecule has 0 saturated carbocycles. The molecule has 0 aliphatic heterocycles. The Labute approximate surface area is 334 Å². The lowest BCUT2D eigenvalue weighted by Gasteiger charge is -2.16. The van der Waals surface area contributed by atoms with Gasteiger partial charge in [0.05, 0.1) is 0 Å². The lowest BCUT2D eigenvalue weighted by Crippen LogP contribution is -2.00. The molecule has 2 aromatic heterocycles. The van der Waals surface area contributed by atoms with Crippen LogP contribution in [0.2, 0.25) is 0 Å². The fraction of sp³-hybridized carbons (Fsp3) is 0. The minimum absolute atomic E-state index is 0.638. The highest BCUT2D eigenvalue weighted by molar-refractivity contribution is 7.26. The van der Waals surface area contributed by atoms with Crippen molar-refractivity contribution in [2.75, 3.05) is 0 Å². The van der Waals surface area contributed by atoms with Gasteiger partial charge in [0.2, 0.25) is 0 Å². The van der Waals surface area contributed by atoms with Crippen LogP contribution in [0.5, 0.6) is 0 Å². The molecule has 9 aromatic carbocycles. The van der Waals surface area contributed by atoms with E-state index in [1.54, 1.807) is 0 Å². The minimum Gasteiger partial charge on any atom is -0.208 e. The number of hydrogen-bond donors (Lipinski definition) is 0. The molecule has 0 aliphatic carbocycles. The predicted molar refractivity (Wildman–Crippen MR) is 240 cm³/mol. The average Bonchev–Trinajstić information content (AvgIpc) is 3.67. The Balaban J connectivity index is 1.08. The molecule has 0 unspecified atom stereocenters. The van der Waals surface area contributed by atoms with E-state index in [4.69, 9.17) is 15.0 Å². The summed E-state index contributed by atoms with van der Waals surface area (Å²) in [4.78, 5) is 15.2. The molecule has 266 valence electrons. The summed E-state index contributed by atoms with van der Waals surface area (Å²) in [6, 6.07) is 71.1. The number of hydrogen-bond acceptors (Lipinski definition) is 4. The minimum atomic E-state index is 0.638. The summed E-state index contributed by atoms with van der Waals surface area (Å²) in [6.45, 7) is 0. The van der Waals surface area contributed by atoms with Gasteiger partial charge in [-0.05, 0) is 73.6 Å². The van der Waals surface area contributed by atoms with E-state index in [2.05, 4.69) is 182 Å². The molecule has 0 spiro atoms. The summed E-state index contributed by atoms with van der Waals surface area (Å²) in [5, 5.41) is 7.43. The molecule has 0 bridgehead atoms. The Kier molecular flexibility index (Phi) is 8.01. The molecule has 0 radical (unpaired) electrons. The molecule has 0 N–H and O–H groups in total. The van der Waals surface area contributed by atoms with E-state index in [1.807, 2.05) is 29.5 Å². The maximum absolute atomic E-state index is 5.11. The summed E-state index contributed by atoms with van der Waals surface area (Å²) in [7, 11) is 0. The number of fused-ring (bicyclic) bond motifs is 5. The largest absolute Gasteiger partial charge is 0.208 e. The molecule has 57 heavy (non-hydrogen) atoms. The fourth-order valence-electron chi connectivity index (χ4n) is 8.21. The van der Waals surface area contributed by atoms with Gasteiger partial charge in [-0.2, -0.15) is 0 Å². The Morgan fingerprint density at radius 3 is 1.51 bits per heavy atom. The molecule has 0 aliphatic rings. The Bertz CT molecular complexity index is 3300. The van der Waals surface area contributed by atoms with Gasteiger partial charge >= 0.3 is 0 Å². The molecule has 3 nitrogen and oxygen atoms in total. The first-order valence-corrected chi connectivity index (χ1v) is 20.0. The van der Waals surface area contributed by atoms with E-state index in [-0.39, 0.29) is 0 Å². The van der Waals surface area contributed by atoms with E-state index in [0.29, 0.717) is 17.5 Å². The van der Waals surface area contributed by atoms with Crippen LogP contribution in [0.3, 0.4) is 0 Å². The van der Waals surface area contributed by atoms with Crippen molar-refractivity contribution in [1.29, 1.82) is 0 Å². The molecule has 11 rings (SSSR count). The fourth-order valence-corrected chi connectivity index (χ4v) is 9.50. The number of rotatable bonds is 6. The zero-order chi connectivity index (χ0) is 37.7. The van der Waals surface area contributed by atoms with E-state index in [0.717, 1.165) is 33.2 Å². The van der Waals surface area contributed by atoms with Crippen LogP contribution >= 0.6 is 11.3 Å². The highest BCUT2D eigenvalue weighted by atomic mass is 32.1. The van der Waals surface area contributed by atoms with Crippen LogP contribution in [0.1, 0.15) is 0 Å². The monoisotopic (exact) mass is 743 g/mol. The van der Waals surface area contributed by atoms with Gasteiger partial charge in [-0.3, -0.25) is 0 Å². The van der Waals surface area contributed by atoms with Gasteiger partial charge in [0.25, 0.3) is 0 Å². The van der Waals surface area contributed by atoms with Crippen LogP contribution in [-0.4, -0.2) is 15.0 Å². The number of thiophene rings is 1. The van der Waals surface area contributed by atoms with Gasteiger partial charge in [0.1, 0.15) is 0 Å². The molecule has 0 fully saturated rings. The van der Waals surface area contributed by atoms with Crippen LogP contribution in [0.15, 0.2) is 200 Å². The number of benzene rings is 9. The van der Waals surface area contributed by atoms with Gasteiger partial charge in [-0.25, -0.2) is 15.0 Å². The standard InChI is InChI=1S/C53H33N3S/c1-3-16-35(17-4-1)48-44-26-10-9-25-43(44)47(49-45-27-11-12-28-46(45)57-50(48)49)40-23-13-21-38(31-40)39-22-14-24-41(33-39)52-54-51(36-18-5-2-6-19-36)55-53(56-52)42-30-29-34-15-7-8-20-37(34)32-42/h1-33H. The zero-order valence-electron chi connectivity index (χ0n) is 30.8.